The minimum absolute atomic E-state index is 0.441. The van der Waals surface area contributed by atoms with E-state index < -0.39 is 0 Å². The predicted octanol–water partition coefficient (Wildman–Crippen LogP) is 2.91. The second-order valence-electron chi connectivity index (χ2n) is 5.71. The Morgan fingerprint density at radius 3 is 2.70 bits per heavy atom. The van der Waals surface area contributed by atoms with Crippen molar-refractivity contribution in [1.82, 2.24) is 24.7 Å². The number of aromatic nitrogens is 5. The highest BCUT2D eigenvalue weighted by Gasteiger charge is 2.19. The zero-order valence-electron chi connectivity index (χ0n) is 14.4. The fourth-order valence-electron chi connectivity index (χ4n) is 2.72. The number of para-hydroxylation sites is 1. The third-order valence-corrected chi connectivity index (χ3v) is 4.97. The Bertz CT molecular complexity index is 1110. The Labute approximate surface area is 159 Å². The quantitative estimate of drug-likeness (QED) is 0.420. The van der Waals surface area contributed by atoms with Crippen LogP contribution in [0, 0.1) is 18.3 Å². The molecule has 0 saturated carbocycles. The van der Waals surface area contributed by atoms with E-state index in [1.807, 2.05) is 37.3 Å². The van der Waals surface area contributed by atoms with Crippen molar-refractivity contribution in [2.75, 3.05) is 5.84 Å². The molecular weight excluding hydrogens is 362 g/mol. The van der Waals surface area contributed by atoms with Crippen LogP contribution in [0.15, 0.2) is 58.3 Å². The molecule has 3 heterocycles. The number of hydrogen-bond acceptors (Lipinski definition) is 7. The van der Waals surface area contributed by atoms with Gasteiger partial charge in [-0.3, -0.25) is 0 Å². The Balaban J connectivity index is 1.65. The molecule has 0 spiro atoms. The summed E-state index contributed by atoms with van der Waals surface area (Å²) in [4.78, 5) is 0. The van der Waals surface area contributed by atoms with E-state index in [0.717, 1.165) is 11.4 Å². The maximum absolute atomic E-state index is 9.56. The first-order valence-electron chi connectivity index (χ1n) is 8.10. The SMILES string of the molecule is Cc1nn(-c2ccccc2)c(CSc2nnc(-c3ccco3)n2N)c1C#N. The number of nitrogen functional groups attached to an aromatic ring is 1. The molecule has 0 unspecified atom stereocenters. The van der Waals surface area contributed by atoms with Gasteiger partial charge in [-0.05, 0) is 31.2 Å². The Hall–Kier alpha value is -3.51. The lowest BCUT2D eigenvalue weighted by molar-refractivity contribution is 0.574. The second kappa shape index (κ2) is 7.01. The summed E-state index contributed by atoms with van der Waals surface area (Å²) in [6.45, 7) is 1.83. The molecule has 4 rings (SSSR count). The van der Waals surface area contributed by atoms with Gasteiger partial charge in [-0.15, -0.1) is 10.2 Å². The summed E-state index contributed by atoms with van der Waals surface area (Å²) in [6, 6.07) is 15.5. The predicted molar refractivity (Wildman–Crippen MR) is 100 cm³/mol. The van der Waals surface area contributed by atoms with Gasteiger partial charge in [-0.25, -0.2) is 9.36 Å². The normalized spacial score (nSPS) is 10.8. The van der Waals surface area contributed by atoms with Crippen molar-refractivity contribution in [3.63, 3.8) is 0 Å². The number of nitrogens with zero attached hydrogens (tertiary/aromatic N) is 6. The zero-order chi connectivity index (χ0) is 18.8. The second-order valence-corrected chi connectivity index (χ2v) is 6.65. The molecule has 0 bridgehead atoms. The van der Waals surface area contributed by atoms with E-state index >= 15 is 0 Å². The molecule has 0 aliphatic rings. The summed E-state index contributed by atoms with van der Waals surface area (Å²) in [7, 11) is 0. The number of rotatable bonds is 5. The highest BCUT2D eigenvalue weighted by atomic mass is 32.2. The lowest BCUT2D eigenvalue weighted by atomic mass is 10.2. The number of nitriles is 1. The summed E-state index contributed by atoms with van der Waals surface area (Å²) in [5, 5.41) is 22.8. The van der Waals surface area contributed by atoms with Gasteiger partial charge in [-0.2, -0.15) is 10.4 Å². The first-order chi connectivity index (χ1) is 13.2. The molecule has 0 radical (unpaired) electrons. The summed E-state index contributed by atoms with van der Waals surface area (Å²) >= 11 is 1.38. The van der Waals surface area contributed by atoms with Gasteiger partial charge in [0.2, 0.25) is 11.0 Å². The Morgan fingerprint density at radius 1 is 1.19 bits per heavy atom. The van der Waals surface area contributed by atoms with E-state index in [2.05, 4.69) is 21.4 Å². The molecule has 2 N–H and O–H groups in total. The topological polar surface area (TPSA) is 111 Å². The lowest BCUT2D eigenvalue weighted by Crippen LogP contribution is -2.11. The van der Waals surface area contributed by atoms with Crippen LogP contribution in [0.4, 0.5) is 0 Å². The molecule has 3 aromatic heterocycles. The van der Waals surface area contributed by atoms with Crippen molar-refractivity contribution in [3.05, 3.63) is 65.7 Å². The van der Waals surface area contributed by atoms with E-state index in [-0.39, 0.29) is 0 Å². The molecule has 9 heteroatoms. The highest BCUT2D eigenvalue weighted by Crippen LogP contribution is 2.28. The number of aryl methyl sites for hydroxylation is 1. The van der Waals surface area contributed by atoms with Crippen LogP contribution >= 0.6 is 11.8 Å². The standard InChI is InChI=1S/C18H15N7OS/c1-12-14(10-19)15(25(23-12)13-6-3-2-4-7-13)11-27-18-22-21-17(24(18)20)16-8-5-9-26-16/h2-9H,11,20H2,1H3. The molecule has 0 saturated heterocycles. The molecule has 0 aliphatic heterocycles. The molecule has 1 aromatic carbocycles. The fourth-order valence-corrected chi connectivity index (χ4v) is 3.58. The van der Waals surface area contributed by atoms with Crippen LogP contribution in [0.2, 0.25) is 0 Å². The highest BCUT2D eigenvalue weighted by molar-refractivity contribution is 7.98. The van der Waals surface area contributed by atoms with Crippen molar-refractivity contribution in [3.8, 4) is 23.3 Å². The van der Waals surface area contributed by atoms with Gasteiger partial charge in [0, 0.05) is 5.75 Å². The van der Waals surface area contributed by atoms with Crippen molar-refractivity contribution in [2.24, 2.45) is 0 Å². The van der Waals surface area contributed by atoms with Gasteiger partial charge < -0.3 is 10.3 Å². The summed E-state index contributed by atoms with van der Waals surface area (Å²) < 4.78 is 8.49. The maximum atomic E-state index is 9.56. The third kappa shape index (κ3) is 3.07. The Kier molecular flexibility index (Phi) is 4.40. The maximum Gasteiger partial charge on any atom is 0.218 e. The molecule has 0 fully saturated rings. The van der Waals surface area contributed by atoms with E-state index in [1.54, 1.807) is 23.1 Å². The van der Waals surface area contributed by atoms with Gasteiger partial charge in [0.05, 0.1) is 28.9 Å². The summed E-state index contributed by atoms with van der Waals surface area (Å²) in [5.41, 5.74) is 2.92. The molecule has 0 amide bonds. The number of thioether (sulfide) groups is 1. The number of furan rings is 1. The van der Waals surface area contributed by atoms with Crippen LogP contribution in [0.25, 0.3) is 17.3 Å². The van der Waals surface area contributed by atoms with E-state index in [4.69, 9.17) is 10.3 Å². The first-order valence-corrected chi connectivity index (χ1v) is 9.08. The van der Waals surface area contributed by atoms with Crippen molar-refractivity contribution < 1.29 is 4.42 Å². The third-order valence-electron chi connectivity index (χ3n) is 4.01. The number of benzene rings is 1. The largest absolute Gasteiger partial charge is 0.461 e. The average molecular weight is 377 g/mol. The van der Waals surface area contributed by atoms with Crippen molar-refractivity contribution >= 4 is 11.8 Å². The van der Waals surface area contributed by atoms with Crippen LogP contribution < -0.4 is 5.84 Å². The first kappa shape index (κ1) is 16.9. The molecule has 0 aliphatic carbocycles. The van der Waals surface area contributed by atoms with Gasteiger partial charge in [0.25, 0.3) is 0 Å². The van der Waals surface area contributed by atoms with E-state index in [9.17, 15) is 5.26 Å². The van der Waals surface area contributed by atoms with Gasteiger partial charge in [0.1, 0.15) is 6.07 Å². The van der Waals surface area contributed by atoms with E-state index in [0.29, 0.717) is 33.8 Å². The van der Waals surface area contributed by atoms with Crippen LogP contribution in [0.1, 0.15) is 17.0 Å². The van der Waals surface area contributed by atoms with Gasteiger partial charge in [-0.1, -0.05) is 30.0 Å². The minimum Gasteiger partial charge on any atom is -0.461 e. The monoisotopic (exact) mass is 377 g/mol. The molecular formula is C18H15N7OS. The van der Waals surface area contributed by atoms with Crippen LogP contribution in [0.3, 0.4) is 0 Å². The van der Waals surface area contributed by atoms with Crippen LogP contribution in [-0.4, -0.2) is 24.7 Å². The average Bonchev–Trinajstić information content (AvgIpc) is 3.40. The summed E-state index contributed by atoms with van der Waals surface area (Å²) in [6.07, 6.45) is 1.55. The number of hydrogen-bond donors (Lipinski definition) is 1. The molecule has 8 nitrogen and oxygen atoms in total. The van der Waals surface area contributed by atoms with Gasteiger partial charge >= 0.3 is 0 Å². The smallest absolute Gasteiger partial charge is 0.218 e. The number of nitrogens with two attached hydrogens (primary N) is 1. The van der Waals surface area contributed by atoms with Crippen LogP contribution in [-0.2, 0) is 5.75 Å². The summed E-state index contributed by atoms with van der Waals surface area (Å²) in [5.74, 6) is 7.55. The van der Waals surface area contributed by atoms with Crippen molar-refractivity contribution in [2.45, 2.75) is 17.8 Å². The molecule has 134 valence electrons. The minimum atomic E-state index is 0.441. The van der Waals surface area contributed by atoms with E-state index in [1.165, 1.54) is 16.4 Å². The van der Waals surface area contributed by atoms with Crippen LogP contribution in [0.5, 0.6) is 0 Å². The molecule has 0 atom stereocenters. The Morgan fingerprint density at radius 2 is 2.00 bits per heavy atom. The lowest BCUT2D eigenvalue weighted by Gasteiger charge is -2.07. The fraction of sp³-hybridized carbons (Fsp3) is 0.111. The van der Waals surface area contributed by atoms with Gasteiger partial charge in [0.15, 0.2) is 5.76 Å². The molecule has 27 heavy (non-hydrogen) atoms. The zero-order valence-corrected chi connectivity index (χ0v) is 15.2. The van der Waals surface area contributed by atoms with Crippen molar-refractivity contribution in [1.29, 1.82) is 5.26 Å². The molecule has 4 aromatic rings.